The standard InChI is InChI=1S/C22H19FN4O3S.C21H18FN5O3S.C20H16FN5O3S.C19H19FN4O4.C7H9NO2S.Li.H2O/c1-3-13-6-4-7-14(19(13)23)21-25-20(16-8-5-10-27(16)26-21)22(29)24-15-9-11-31-17(15)12-18(28)30-2;1-30-17(28)10-16-14(7-9-31-16)24-21(29)19-15-6-3-8-27(15)26-20(25-19)13-5-2-4-12(11-23)18(13)22;21-17-11(10-22)3-1-4-12(17)19-24-18(14-5-2-7-26(14)25-19)20(29)23-13-6-8-30-15(13)9-16(27)28;1-19(2,3)28-18(27)21-10-11-6-4-7-12(14(11)20)16-22-15(17(25)26)13-8-5-9-24(13)23-16;1-10-7(9)4-6-5(8)2-3-11-6;;/h4-11H,3,12H2,1-2H3,(H,24,29);2-9H,10-11,23H2,1H3,(H,24,29);1-8H,9-10,22H2,(H,23,29)(H,27,28);4-9H,10H2,1-3H3,(H,21,27)(H,25,26);2-3H,4,8H2,1H3;;1H2/q;;;;;+1;/p-1. The van der Waals surface area contributed by atoms with Gasteiger partial charge in [0, 0.05) is 86.3 Å². The van der Waals surface area contributed by atoms with Gasteiger partial charge in [0.1, 0.15) is 28.9 Å². The van der Waals surface area contributed by atoms with Crippen molar-refractivity contribution in [2.24, 2.45) is 11.5 Å². The summed E-state index contributed by atoms with van der Waals surface area (Å²) in [7, 11) is 3.98. The van der Waals surface area contributed by atoms with E-state index in [1.165, 1.54) is 109 Å². The summed E-state index contributed by atoms with van der Waals surface area (Å²) in [6.07, 6.45) is 6.52. The summed E-state index contributed by atoms with van der Waals surface area (Å²) in [5.74, 6) is -6.83. The van der Waals surface area contributed by atoms with E-state index in [-0.39, 0.29) is 150 Å². The number of carboxylic acid groups (broad SMARTS) is 2. The van der Waals surface area contributed by atoms with Gasteiger partial charge in [-0.05, 0) is 151 Å². The molecule has 16 aromatic rings. The number of benzene rings is 4. The Labute approximate surface area is 781 Å². The maximum atomic E-state index is 15.0. The quantitative estimate of drug-likeness (QED) is 0.0117. The molecule has 4 aromatic carbocycles. The summed E-state index contributed by atoms with van der Waals surface area (Å²) in [6.45, 7) is 6.98. The summed E-state index contributed by atoms with van der Waals surface area (Å²) in [6, 6.07) is 39.3. The van der Waals surface area contributed by atoms with Gasteiger partial charge in [0.15, 0.2) is 46.1 Å². The number of aliphatic carboxylic acids is 1. The van der Waals surface area contributed by atoms with Crippen molar-refractivity contribution in [3.05, 3.63) is 280 Å². The number of anilines is 4. The Morgan fingerprint density at radius 2 is 0.729 bits per heavy atom. The number of thiophene rings is 4. The molecule has 4 amide bonds. The van der Waals surface area contributed by atoms with Crippen molar-refractivity contribution in [1.29, 1.82) is 0 Å². The van der Waals surface area contributed by atoms with Crippen LogP contribution in [0.2, 0.25) is 0 Å². The Kier molecular flexibility index (Phi) is 34.4. The van der Waals surface area contributed by atoms with Crippen LogP contribution in [0.15, 0.2) is 192 Å². The van der Waals surface area contributed by atoms with E-state index in [0.717, 1.165) is 4.88 Å². The van der Waals surface area contributed by atoms with Crippen LogP contribution < -0.4 is 57.3 Å². The number of methoxy groups -OCH3 is 3. The van der Waals surface area contributed by atoms with Gasteiger partial charge < -0.3 is 73.1 Å². The first-order valence-electron chi connectivity index (χ1n) is 39.4. The molecule has 16 rings (SSSR count). The molecule has 682 valence electrons. The van der Waals surface area contributed by atoms with Crippen LogP contribution >= 0.6 is 45.3 Å². The molecule has 12 heterocycles. The average Bonchev–Trinajstić information content (AvgIpc) is 1.71. The number of aryl methyl sites for hydroxylation is 1. The maximum Gasteiger partial charge on any atom is 1.00 e. The fourth-order valence-corrected chi connectivity index (χ4v) is 15.9. The number of esters is 3. The number of amides is 4. The van der Waals surface area contributed by atoms with Crippen molar-refractivity contribution < 1.29 is 114 Å². The SMILES string of the molecule is CC(C)(C)OC(=O)NCc1cccc(-c2nc(C(=O)O)c3cccn3n2)c1F.CCc1cccc(-c2nc(C(=O)Nc3ccsc3CC(=O)OC)c3cccn3n2)c1F.COC(=O)Cc1sccc1N.COC(=O)Cc1sccc1NC(=O)c1nc(-c2cccc(CN)c2F)nn2cccc12.NCc1cccc(-c2nc(C(=O)Nc3ccsc3CC(=O)O)c3cccn3n2)c1F.[Li+].[OH-]. The number of hydrogen-bond acceptors (Lipinski definition) is 29. The Morgan fingerprint density at radius 1 is 0.421 bits per heavy atom. The van der Waals surface area contributed by atoms with Gasteiger partial charge in [-0.3, -0.25) is 33.6 Å². The third kappa shape index (κ3) is 24.6. The summed E-state index contributed by atoms with van der Waals surface area (Å²) in [4.78, 5) is 127. The van der Waals surface area contributed by atoms with Crippen LogP contribution in [0.1, 0.15) is 111 Å². The van der Waals surface area contributed by atoms with Gasteiger partial charge in [-0.1, -0.05) is 55.5 Å². The van der Waals surface area contributed by atoms with Gasteiger partial charge >= 0.3 is 54.8 Å². The molecule has 0 aliphatic heterocycles. The van der Waals surface area contributed by atoms with E-state index in [1.54, 1.807) is 183 Å². The van der Waals surface area contributed by atoms with Crippen molar-refractivity contribution >= 4 is 144 Å². The first-order valence-corrected chi connectivity index (χ1v) is 42.9. The fourth-order valence-electron chi connectivity index (χ4n) is 12.6. The number of ether oxygens (including phenoxy) is 4. The molecule has 0 radical (unpaired) electrons. The maximum absolute atomic E-state index is 15.0. The summed E-state index contributed by atoms with van der Waals surface area (Å²) < 4.78 is 84.2. The van der Waals surface area contributed by atoms with E-state index >= 15 is 0 Å². The van der Waals surface area contributed by atoms with Gasteiger partial charge in [-0.15, -0.1) is 65.7 Å². The summed E-state index contributed by atoms with van der Waals surface area (Å²) in [5, 5.41) is 53.5. The third-order valence-corrected chi connectivity index (χ3v) is 22.7. The first kappa shape index (κ1) is 100. The molecule has 0 saturated heterocycles. The van der Waals surface area contributed by atoms with Crippen LogP contribution in [-0.4, -0.2) is 155 Å². The largest absolute Gasteiger partial charge is 1.00 e. The van der Waals surface area contributed by atoms with E-state index < -0.39 is 76.6 Å². The number of aromatic nitrogens is 12. The Morgan fingerprint density at radius 3 is 1.05 bits per heavy atom. The Bertz CT molecular complexity index is 6770. The van der Waals surface area contributed by atoms with Crippen LogP contribution in [0.25, 0.3) is 67.6 Å². The predicted octanol–water partition coefficient (Wildman–Crippen LogP) is 11.2. The van der Waals surface area contributed by atoms with Crippen molar-refractivity contribution in [2.45, 2.75) is 85.0 Å². The zero-order chi connectivity index (χ0) is 93.9. The fraction of sp³-hybridized carbons (Fsp3) is 0.180. The number of rotatable bonds is 24. The zero-order valence-corrected chi connectivity index (χ0v) is 75.3. The number of carbonyl (C=O) groups is 9. The number of nitrogens with two attached hydrogens (primary N) is 3. The molecule has 133 heavy (non-hydrogen) atoms. The van der Waals surface area contributed by atoms with Crippen molar-refractivity contribution in [3.8, 4) is 45.6 Å². The second kappa shape index (κ2) is 45.6. The number of nitrogen functional groups attached to an aromatic ring is 1. The van der Waals surface area contributed by atoms with Crippen molar-refractivity contribution in [3.63, 3.8) is 0 Å². The van der Waals surface area contributed by atoms with E-state index in [4.69, 9.17) is 36.5 Å². The van der Waals surface area contributed by atoms with Crippen LogP contribution in [-0.2, 0) is 89.9 Å². The smallest absolute Gasteiger partial charge is 0.870 e. The average molecular weight is 1880 g/mol. The minimum atomic E-state index is -1.24. The van der Waals surface area contributed by atoms with Crippen molar-refractivity contribution in [2.75, 3.05) is 43.0 Å². The molecule has 0 bridgehead atoms. The van der Waals surface area contributed by atoms with Gasteiger partial charge in [0.05, 0.1) is 108 Å². The Hall–Kier alpha value is -14.8. The van der Waals surface area contributed by atoms with Crippen LogP contribution in [0.4, 0.5) is 45.1 Å². The third-order valence-electron chi connectivity index (χ3n) is 19.0. The monoisotopic (exact) mass is 1880 g/mol. The molecule has 0 atom stereocenters. The molecular formula is C89H82F4LiN19O16S4. The molecule has 0 aliphatic carbocycles. The van der Waals surface area contributed by atoms with Gasteiger partial charge in [-0.25, -0.2) is 65.1 Å². The van der Waals surface area contributed by atoms with Crippen LogP contribution in [0.3, 0.4) is 0 Å². The number of aromatic carboxylic acids is 1. The number of carbonyl (C=O) groups excluding carboxylic acids is 7. The second-order valence-corrected chi connectivity index (χ2v) is 32.8. The van der Waals surface area contributed by atoms with Crippen LogP contribution in [0.5, 0.6) is 0 Å². The zero-order valence-electron chi connectivity index (χ0n) is 72.0. The first-order chi connectivity index (χ1) is 62.9. The Balaban J connectivity index is 0.000000176. The second-order valence-electron chi connectivity index (χ2n) is 28.8. The van der Waals surface area contributed by atoms with E-state index in [2.05, 4.69) is 66.3 Å². The molecule has 0 spiro atoms. The van der Waals surface area contributed by atoms with E-state index in [9.17, 15) is 65.8 Å². The minimum absolute atomic E-state index is 0. The molecule has 44 heteroatoms. The summed E-state index contributed by atoms with van der Waals surface area (Å²) in [5.41, 5.74) is 21.7. The number of nitrogens with zero attached hydrogens (tertiary/aromatic N) is 12. The van der Waals surface area contributed by atoms with Gasteiger partial charge in [0.25, 0.3) is 17.7 Å². The van der Waals surface area contributed by atoms with Crippen molar-refractivity contribution in [1.82, 2.24) is 63.7 Å². The van der Waals surface area contributed by atoms with E-state index in [1.807, 2.05) is 12.3 Å². The molecule has 0 aliphatic rings. The minimum Gasteiger partial charge on any atom is -0.870 e. The predicted molar refractivity (Wildman–Crippen MR) is 485 cm³/mol. The molecule has 12 aromatic heterocycles. The molecular weight excluding hydrogens is 1800 g/mol. The molecule has 13 N–H and O–H groups in total. The molecule has 35 nitrogen and oxygen atoms in total. The summed E-state index contributed by atoms with van der Waals surface area (Å²) >= 11 is 5.36. The molecule has 0 unspecified atom stereocenters. The number of hydrogen-bond donors (Lipinski definition) is 9. The number of carboxylic acids is 2. The van der Waals surface area contributed by atoms with Gasteiger partial charge in [0.2, 0.25) is 0 Å². The topological polar surface area (TPSA) is 508 Å². The molecule has 0 saturated carbocycles. The number of nitrogens with one attached hydrogen (secondary N) is 4. The molecule has 0 fully saturated rings. The number of fused-ring (bicyclic) bond motifs is 4. The van der Waals surface area contributed by atoms with Crippen LogP contribution in [0, 0.1) is 23.3 Å². The van der Waals surface area contributed by atoms with E-state index in [0.29, 0.717) is 82.6 Å². The normalized spacial score (nSPS) is 10.8. The number of halogens is 4. The number of alkyl carbamates (subject to hydrolysis) is 1. The van der Waals surface area contributed by atoms with Gasteiger partial charge in [-0.2, -0.15) is 0 Å².